The van der Waals surface area contributed by atoms with Gasteiger partial charge < -0.3 is 5.32 Å². The van der Waals surface area contributed by atoms with E-state index in [1.54, 1.807) is 11.5 Å². The highest BCUT2D eigenvalue weighted by atomic mass is 32.1. The summed E-state index contributed by atoms with van der Waals surface area (Å²) in [4.78, 5) is 1.45. The van der Waals surface area contributed by atoms with E-state index >= 15 is 0 Å². The molecule has 1 aromatic rings. The summed E-state index contributed by atoms with van der Waals surface area (Å²) < 4.78 is 4.20. The van der Waals surface area contributed by atoms with Crippen LogP contribution in [0.15, 0.2) is 6.20 Å². The van der Waals surface area contributed by atoms with Crippen LogP contribution >= 0.6 is 11.5 Å². The van der Waals surface area contributed by atoms with Crippen molar-refractivity contribution in [2.45, 2.75) is 25.8 Å². The van der Waals surface area contributed by atoms with E-state index in [1.165, 1.54) is 10.4 Å². The van der Waals surface area contributed by atoms with Gasteiger partial charge in [0.15, 0.2) is 0 Å². The van der Waals surface area contributed by atoms with E-state index in [9.17, 15) is 0 Å². The van der Waals surface area contributed by atoms with E-state index in [-0.39, 0.29) is 5.41 Å². The van der Waals surface area contributed by atoms with Gasteiger partial charge in [0.05, 0.1) is 0 Å². The van der Waals surface area contributed by atoms with Gasteiger partial charge >= 0.3 is 0 Å². The van der Waals surface area contributed by atoms with E-state index in [2.05, 4.69) is 23.5 Å². The van der Waals surface area contributed by atoms with Crippen LogP contribution < -0.4 is 5.32 Å². The van der Waals surface area contributed by atoms with Gasteiger partial charge in [-0.2, -0.15) is 0 Å². The van der Waals surface area contributed by atoms with Crippen molar-refractivity contribution in [3.8, 4) is 0 Å². The maximum absolute atomic E-state index is 4.20. The maximum atomic E-state index is 4.20. The van der Waals surface area contributed by atoms with Gasteiger partial charge in [0.1, 0.15) is 0 Å². The Kier molecular flexibility index (Phi) is 1.51. The first-order chi connectivity index (χ1) is 5.20. The van der Waals surface area contributed by atoms with Gasteiger partial charge in [-0.25, -0.2) is 4.37 Å². The minimum atomic E-state index is 0.286. The largest absolute Gasteiger partial charge is 0.312 e. The Labute approximate surface area is 70.8 Å². The van der Waals surface area contributed by atoms with Crippen molar-refractivity contribution in [3.05, 3.63) is 16.6 Å². The van der Waals surface area contributed by atoms with Crippen molar-refractivity contribution in [1.82, 2.24) is 9.69 Å². The molecule has 1 N–H and O–H groups in total. The van der Waals surface area contributed by atoms with Crippen LogP contribution in [0.3, 0.4) is 0 Å². The molecule has 0 saturated carbocycles. The third kappa shape index (κ3) is 1.08. The van der Waals surface area contributed by atoms with Gasteiger partial charge in [-0.1, -0.05) is 13.8 Å². The summed E-state index contributed by atoms with van der Waals surface area (Å²) in [5.41, 5.74) is 1.67. The first-order valence-corrected chi connectivity index (χ1v) is 4.62. The fraction of sp³-hybridized carbons (Fsp3) is 0.625. The standard InChI is InChI=1S/C8H12N2S/c1-8(2)5-9-3-6-4-10-11-7(6)8/h4,9H,3,5H2,1-2H3. The average Bonchev–Trinajstić information content (AvgIpc) is 2.34. The summed E-state index contributed by atoms with van der Waals surface area (Å²) in [6.45, 7) is 6.59. The Balaban J connectivity index is 2.48. The summed E-state index contributed by atoms with van der Waals surface area (Å²) in [6.07, 6.45) is 1.98. The molecule has 0 aromatic carbocycles. The lowest BCUT2D eigenvalue weighted by Crippen LogP contribution is -2.37. The maximum Gasteiger partial charge on any atom is 0.0455 e. The first kappa shape index (κ1) is 7.25. The quantitative estimate of drug-likeness (QED) is 0.635. The molecule has 0 radical (unpaired) electrons. The number of nitrogens with one attached hydrogen (secondary N) is 1. The molecule has 3 heteroatoms. The SMILES string of the molecule is CC1(C)CNCc2cnsc21. The lowest BCUT2D eigenvalue weighted by molar-refractivity contribution is 0.445. The fourth-order valence-electron chi connectivity index (χ4n) is 1.53. The van der Waals surface area contributed by atoms with Gasteiger partial charge in [-0.3, -0.25) is 0 Å². The van der Waals surface area contributed by atoms with Crippen molar-refractivity contribution >= 4 is 11.5 Å². The third-order valence-corrected chi connectivity index (χ3v) is 3.35. The Morgan fingerprint density at radius 1 is 1.64 bits per heavy atom. The van der Waals surface area contributed by atoms with Crippen LogP contribution in [-0.4, -0.2) is 10.9 Å². The number of hydrogen-bond donors (Lipinski definition) is 1. The number of hydrogen-bond acceptors (Lipinski definition) is 3. The number of aromatic nitrogens is 1. The molecule has 0 saturated heterocycles. The molecule has 60 valence electrons. The van der Waals surface area contributed by atoms with E-state index in [1.807, 2.05) is 6.20 Å². The second-order valence-corrected chi connectivity index (χ2v) is 4.47. The summed E-state index contributed by atoms with van der Waals surface area (Å²) >= 11 is 1.64. The van der Waals surface area contributed by atoms with Crippen LogP contribution in [0, 0.1) is 0 Å². The van der Waals surface area contributed by atoms with Gasteiger partial charge in [-0.15, -0.1) is 0 Å². The molecule has 0 unspecified atom stereocenters. The molecule has 2 rings (SSSR count). The lowest BCUT2D eigenvalue weighted by atomic mass is 9.86. The molecule has 0 bridgehead atoms. The van der Waals surface area contributed by atoms with E-state index in [4.69, 9.17) is 0 Å². The number of rotatable bonds is 0. The molecular formula is C8H12N2S. The Morgan fingerprint density at radius 3 is 3.18 bits per heavy atom. The minimum absolute atomic E-state index is 0.286. The molecule has 1 aliphatic heterocycles. The smallest absolute Gasteiger partial charge is 0.0455 e. The van der Waals surface area contributed by atoms with Crippen LogP contribution in [0.25, 0.3) is 0 Å². The highest BCUT2D eigenvalue weighted by Crippen LogP contribution is 2.31. The molecule has 0 aliphatic carbocycles. The average molecular weight is 168 g/mol. The number of nitrogens with zero attached hydrogens (tertiary/aromatic N) is 1. The summed E-state index contributed by atoms with van der Waals surface area (Å²) in [5.74, 6) is 0. The van der Waals surface area contributed by atoms with Crippen LogP contribution in [0.1, 0.15) is 24.3 Å². The van der Waals surface area contributed by atoms with Crippen molar-refractivity contribution in [3.63, 3.8) is 0 Å². The fourth-order valence-corrected chi connectivity index (χ4v) is 2.38. The molecule has 1 aliphatic rings. The minimum Gasteiger partial charge on any atom is -0.312 e. The van der Waals surface area contributed by atoms with Gasteiger partial charge in [0.25, 0.3) is 0 Å². The Morgan fingerprint density at radius 2 is 2.45 bits per heavy atom. The first-order valence-electron chi connectivity index (χ1n) is 3.85. The lowest BCUT2D eigenvalue weighted by Gasteiger charge is -2.29. The topological polar surface area (TPSA) is 24.9 Å². The molecule has 2 nitrogen and oxygen atoms in total. The van der Waals surface area contributed by atoms with E-state index in [0.29, 0.717) is 0 Å². The number of fused-ring (bicyclic) bond motifs is 1. The van der Waals surface area contributed by atoms with Crippen LogP contribution in [0.4, 0.5) is 0 Å². The summed E-state index contributed by atoms with van der Waals surface area (Å²) in [5, 5.41) is 3.38. The Bertz CT molecular complexity index is 265. The zero-order valence-corrected chi connectivity index (χ0v) is 7.66. The van der Waals surface area contributed by atoms with Gasteiger partial charge in [-0.05, 0) is 11.5 Å². The van der Waals surface area contributed by atoms with Crippen molar-refractivity contribution in [2.24, 2.45) is 0 Å². The normalized spacial score (nSPS) is 21.3. The highest BCUT2D eigenvalue weighted by molar-refractivity contribution is 7.06. The van der Waals surface area contributed by atoms with E-state index < -0.39 is 0 Å². The summed E-state index contributed by atoms with van der Waals surface area (Å²) in [7, 11) is 0. The van der Waals surface area contributed by atoms with Crippen LogP contribution in [-0.2, 0) is 12.0 Å². The molecule has 0 spiro atoms. The molecule has 0 amide bonds. The highest BCUT2D eigenvalue weighted by Gasteiger charge is 2.28. The predicted molar refractivity (Wildman–Crippen MR) is 46.8 cm³/mol. The molecular weight excluding hydrogens is 156 g/mol. The second-order valence-electron chi connectivity index (χ2n) is 3.67. The molecule has 1 aromatic heterocycles. The molecule has 2 heterocycles. The second kappa shape index (κ2) is 2.29. The monoisotopic (exact) mass is 168 g/mol. The zero-order valence-electron chi connectivity index (χ0n) is 6.85. The van der Waals surface area contributed by atoms with E-state index in [0.717, 1.165) is 13.1 Å². The van der Waals surface area contributed by atoms with Gasteiger partial charge in [0.2, 0.25) is 0 Å². The van der Waals surface area contributed by atoms with Crippen molar-refractivity contribution in [2.75, 3.05) is 6.54 Å². The van der Waals surface area contributed by atoms with Crippen LogP contribution in [0.5, 0.6) is 0 Å². The zero-order chi connectivity index (χ0) is 7.90. The third-order valence-electron chi connectivity index (χ3n) is 2.14. The molecule has 0 atom stereocenters. The van der Waals surface area contributed by atoms with Crippen molar-refractivity contribution in [1.29, 1.82) is 0 Å². The molecule has 0 fully saturated rings. The predicted octanol–water partition coefficient (Wildman–Crippen LogP) is 1.52. The van der Waals surface area contributed by atoms with Crippen LogP contribution in [0.2, 0.25) is 0 Å². The summed E-state index contributed by atoms with van der Waals surface area (Å²) in [6, 6.07) is 0. The van der Waals surface area contributed by atoms with Gasteiger partial charge in [0, 0.05) is 35.1 Å². The molecule has 11 heavy (non-hydrogen) atoms. The van der Waals surface area contributed by atoms with Crippen molar-refractivity contribution < 1.29 is 0 Å². The Hall–Kier alpha value is -0.410.